The van der Waals surface area contributed by atoms with E-state index in [9.17, 15) is 4.79 Å². The van der Waals surface area contributed by atoms with Gasteiger partial charge in [0.05, 0.1) is 28.5 Å². The lowest BCUT2D eigenvalue weighted by Gasteiger charge is -2.18. The molecule has 0 radical (unpaired) electrons. The lowest BCUT2D eigenvalue weighted by Crippen LogP contribution is -2.30. The highest BCUT2D eigenvalue weighted by molar-refractivity contribution is 6.42. The van der Waals surface area contributed by atoms with Crippen LogP contribution in [-0.4, -0.2) is 24.5 Å². The summed E-state index contributed by atoms with van der Waals surface area (Å²) in [4.78, 5) is 17.7. The number of rotatable bonds is 4. The molecule has 0 aliphatic rings. The van der Waals surface area contributed by atoms with Crippen molar-refractivity contribution in [1.29, 1.82) is 5.26 Å². The minimum atomic E-state index is -0.203. The van der Waals surface area contributed by atoms with E-state index in [0.717, 1.165) is 5.69 Å². The number of amides is 1. The van der Waals surface area contributed by atoms with Gasteiger partial charge in [0.15, 0.2) is 0 Å². The summed E-state index contributed by atoms with van der Waals surface area (Å²) in [7, 11) is 1.76. The summed E-state index contributed by atoms with van der Waals surface area (Å²) in [5, 5.41) is 12.3. The van der Waals surface area contributed by atoms with Gasteiger partial charge < -0.3 is 10.2 Å². The number of likely N-dealkylation sites (N-methyl/N-ethyl adjacent to an activating group) is 1. The van der Waals surface area contributed by atoms with Gasteiger partial charge in [0.2, 0.25) is 5.91 Å². The average Bonchev–Trinajstić information content (AvgIpc) is 2.51. The van der Waals surface area contributed by atoms with Crippen molar-refractivity contribution >= 4 is 40.5 Å². The second-order valence-electron chi connectivity index (χ2n) is 4.55. The number of carbonyl (C=O) groups is 1. The molecule has 0 bridgehead atoms. The number of aromatic nitrogens is 1. The Morgan fingerprint density at radius 2 is 2.09 bits per heavy atom. The van der Waals surface area contributed by atoms with Crippen LogP contribution < -0.4 is 10.2 Å². The normalized spacial score (nSPS) is 9.91. The van der Waals surface area contributed by atoms with E-state index in [1.807, 2.05) is 6.07 Å². The van der Waals surface area contributed by atoms with Gasteiger partial charge in [-0.15, -0.1) is 0 Å². The molecule has 0 aliphatic carbocycles. The van der Waals surface area contributed by atoms with Gasteiger partial charge in [-0.3, -0.25) is 4.79 Å². The molecule has 7 heteroatoms. The van der Waals surface area contributed by atoms with Crippen molar-refractivity contribution in [3.8, 4) is 6.07 Å². The second kappa shape index (κ2) is 7.12. The number of halogens is 2. The van der Waals surface area contributed by atoms with Gasteiger partial charge in [-0.2, -0.15) is 5.26 Å². The Kier molecular flexibility index (Phi) is 5.21. The summed E-state index contributed by atoms with van der Waals surface area (Å²) in [5.41, 5.74) is 1.64. The summed E-state index contributed by atoms with van der Waals surface area (Å²) in [6.45, 7) is 0.133. The molecular weight excluding hydrogens is 323 g/mol. The number of nitrogens with zero attached hydrogens (tertiary/aromatic N) is 3. The molecule has 0 saturated carbocycles. The van der Waals surface area contributed by atoms with Crippen molar-refractivity contribution in [3.05, 3.63) is 52.3 Å². The smallest absolute Gasteiger partial charge is 0.243 e. The molecule has 1 heterocycles. The van der Waals surface area contributed by atoms with Gasteiger partial charge in [-0.05, 0) is 30.3 Å². The minimum Gasteiger partial charge on any atom is -0.364 e. The van der Waals surface area contributed by atoms with E-state index in [4.69, 9.17) is 28.5 Å². The average molecular weight is 335 g/mol. The van der Waals surface area contributed by atoms with Gasteiger partial charge in [0.1, 0.15) is 11.8 Å². The molecule has 2 aromatic rings. The molecule has 5 nitrogen and oxygen atoms in total. The molecule has 1 aromatic carbocycles. The van der Waals surface area contributed by atoms with Crippen LogP contribution in [0.4, 0.5) is 11.4 Å². The zero-order chi connectivity index (χ0) is 16.1. The van der Waals surface area contributed by atoms with Crippen molar-refractivity contribution in [2.75, 3.05) is 23.8 Å². The molecule has 0 aliphatic heterocycles. The first-order valence-corrected chi connectivity index (χ1v) is 7.07. The predicted molar refractivity (Wildman–Crippen MR) is 87.3 cm³/mol. The van der Waals surface area contributed by atoms with Gasteiger partial charge in [-0.1, -0.05) is 23.2 Å². The maximum absolute atomic E-state index is 12.0. The van der Waals surface area contributed by atoms with Crippen molar-refractivity contribution in [1.82, 2.24) is 4.98 Å². The fourth-order valence-electron chi connectivity index (χ4n) is 1.76. The van der Waals surface area contributed by atoms with Crippen LogP contribution in [0.2, 0.25) is 10.0 Å². The fraction of sp³-hybridized carbons (Fsp3) is 0.133. The van der Waals surface area contributed by atoms with E-state index in [2.05, 4.69) is 10.3 Å². The standard InChI is InChI=1S/C15H12Cl2N4O/c1-21(12-4-2-11(7-18)19-8-12)9-15(22)20-10-3-5-13(16)14(17)6-10/h2-6,8H,9H2,1H3,(H,20,22). The zero-order valence-electron chi connectivity index (χ0n) is 11.7. The molecule has 0 fully saturated rings. The molecule has 1 amide bonds. The number of carbonyl (C=O) groups excluding carboxylic acids is 1. The van der Waals surface area contributed by atoms with E-state index in [0.29, 0.717) is 21.4 Å². The summed E-state index contributed by atoms with van der Waals surface area (Å²) >= 11 is 11.7. The number of hydrogen-bond acceptors (Lipinski definition) is 4. The molecule has 0 unspecified atom stereocenters. The van der Waals surface area contributed by atoms with Crippen LogP contribution in [-0.2, 0) is 4.79 Å². The molecule has 0 atom stereocenters. The molecule has 1 N–H and O–H groups in total. The van der Waals surface area contributed by atoms with E-state index in [-0.39, 0.29) is 12.5 Å². The summed E-state index contributed by atoms with van der Waals surface area (Å²) in [6, 6.07) is 10.2. The molecule has 1 aromatic heterocycles. The van der Waals surface area contributed by atoms with Crippen LogP contribution in [0.15, 0.2) is 36.5 Å². The molecule has 0 spiro atoms. The van der Waals surface area contributed by atoms with Gasteiger partial charge >= 0.3 is 0 Å². The lowest BCUT2D eigenvalue weighted by atomic mass is 10.3. The van der Waals surface area contributed by atoms with Crippen LogP contribution in [0.3, 0.4) is 0 Å². The molecule has 2 rings (SSSR count). The molecule has 0 saturated heterocycles. The van der Waals surface area contributed by atoms with Crippen molar-refractivity contribution in [3.63, 3.8) is 0 Å². The molecular formula is C15H12Cl2N4O. The first-order valence-electron chi connectivity index (χ1n) is 6.32. The lowest BCUT2D eigenvalue weighted by molar-refractivity contribution is -0.114. The quantitative estimate of drug-likeness (QED) is 0.930. The van der Waals surface area contributed by atoms with Crippen LogP contribution >= 0.6 is 23.2 Å². The van der Waals surface area contributed by atoms with Crippen molar-refractivity contribution < 1.29 is 4.79 Å². The van der Waals surface area contributed by atoms with E-state index < -0.39 is 0 Å². The predicted octanol–water partition coefficient (Wildman–Crippen LogP) is 3.33. The fourth-order valence-corrected chi connectivity index (χ4v) is 2.06. The molecule has 22 heavy (non-hydrogen) atoms. The van der Waals surface area contributed by atoms with Crippen LogP contribution in [0.25, 0.3) is 0 Å². The Balaban J connectivity index is 1.98. The van der Waals surface area contributed by atoms with Crippen LogP contribution in [0.5, 0.6) is 0 Å². The maximum Gasteiger partial charge on any atom is 0.243 e. The highest BCUT2D eigenvalue weighted by Crippen LogP contribution is 2.25. The number of anilines is 2. The van der Waals surface area contributed by atoms with E-state index >= 15 is 0 Å². The second-order valence-corrected chi connectivity index (χ2v) is 5.36. The van der Waals surface area contributed by atoms with Crippen LogP contribution in [0.1, 0.15) is 5.69 Å². The third kappa shape index (κ3) is 4.10. The molecule has 112 valence electrons. The highest BCUT2D eigenvalue weighted by Gasteiger charge is 2.09. The summed E-state index contributed by atoms with van der Waals surface area (Å²) in [5.74, 6) is -0.203. The topological polar surface area (TPSA) is 69.0 Å². The first kappa shape index (κ1) is 16.1. The number of benzene rings is 1. The van der Waals surface area contributed by atoms with Crippen molar-refractivity contribution in [2.24, 2.45) is 0 Å². The Hall–Kier alpha value is -2.29. The van der Waals surface area contributed by atoms with Gasteiger partial charge in [0.25, 0.3) is 0 Å². The maximum atomic E-state index is 12.0. The van der Waals surface area contributed by atoms with Crippen molar-refractivity contribution in [2.45, 2.75) is 0 Å². The third-order valence-corrected chi connectivity index (χ3v) is 3.63. The zero-order valence-corrected chi connectivity index (χ0v) is 13.2. The number of nitriles is 1. The highest BCUT2D eigenvalue weighted by atomic mass is 35.5. The Labute approximate surface area is 138 Å². The Morgan fingerprint density at radius 3 is 2.68 bits per heavy atom. The third-order valence-electron chi connectivity index (χ3n) is 2.89. The first-order chi connectivity index (χ1) is 10.5. The van der Waals surface area contributed by atoms with E-state index in [1.165, 1.54) is 0 Å². The number of pyridine rings is 1. The monoisotopic (exact) mass is 334 g/mol. The minimum absolute atomic E-state index is 0.133. The van der Waals surface area contributed by atoms with Gasteiger partial charge in [-0.25, -0.2) is 4.98 Å². The summed E-state index contributed by atoms with van der Waals surface area (Å²) in [6.07, 6.45) is 1.55. The SMILES string of the molecule is CN(CC(=O)Nc1ccc(Cl)c(Cl)c1)c1ccc(C#N)nc1. The number of hydrogen-bond donors (Lipinski definition) is 1. The van der Waals surface area contributed by atoms with E-state index in [1.54, 1.807) is 48.5 Å². The summed E-state index contributed by atoms with van der Waals surface area (Å²) < 4.78 is 0. The Bertz CT molecular complexity index is 725. The van der Waals surface area contributed by atoms with Crippen LogP contribution in [0, 0.1) is 11.3 Å². The van der Waals surface area contributed by atoms with Gasteiger partial charge in [0, 0.05) is 12.7 Å². The number of nitrogens with one attached hydrogen (secondary N) is 1. The largest absolute Gasteiger partial charge is 0.364 e. The Morgan fingerprint density at radius 1 is 1.32 bits per heavy atom.